The summed E-state index contributed by atoms with van der Waals surface area (Å²) in [4.78, 5) is 60.1. The smallest absolute Gasteiger partial charge is 0.290 e. The van der Waals surface area contributed by atoms with Gasteiger partial charge in [0.1, 0.15) is 24.5 Å². The average molecular weight is 655 g/mol. The van der Waals surface area contributed by atoms with E-state index in [9.17, 15) is 19.2 Å². The number of carbonyl (C=O) groups is 4. The third kappa shape index (κ3) is 5.57. The van der Waals surface area contributed by atoms with E-state index in [0.717, 1.165) is 39.1 Å². The molecule has 0 radical (unpaired) electrons. The number of hydrogen-bond donors (Lipinski definition) is 0. The molecule has 0 aromatic heterocycles. The highest BCUT2D eigenvalue weighted by Gasteiger charge is 2.54. The van der Waals surface area contributed by atoms with Crippen LogP contribution in [-0.4, -0.2) is 51.4 Å². The Hall–Kier alpha value is -5.51. The molecule has 0 N–H and O–H groups in total. The predicted molar refractivity (Wildman–Crippen MR) is 181 cm³/mol. The number of fused-ring (bicyclic) bond motifs is 1. The summed E-state index contributed by atoms with van der Waals surface area (Å²) >= 11 is 1.05. The fourth-order valence-corrected chi connectivity index (χ4v) is 7.38. The second-order valence-corrected chi connectivity index (χ2v) is 12.5. The van der Waals surface area contributed by atoms with Gasteiger partial charge in [0.25, 0.3) is 17.1 Å². The van der Waals surface area contributed by atoms with Crippen LogP contribution < -0.4 is 4.74 Å². The lowest BCUT2D eigenvalue weighted by Gasteiger charge is -2.42. The van der Waals surface area contributed by atoms with Crippen LogP contribution in [0.4, 0.5) is 4.79 Å². The summed E-state index contributed by atoms with van der Waals surface area (Å²) in [6.07, 6.45) is 0.351. The van der Waals surface area contributed by atoms with Gasteiger partial charge in [0, 0.05) is 0 Å². The number of thioether (sulfide) groups is 1. The van der Waals surface area contributed by atoms with Gasteiger partial charge in [-0.15, -0.1) is 5.06 Å². The summed E-state index contributed by atoms with van der Waals surface area (Å²) in [6, 6.07) is 42.9. The number of hydroxylamine groups is 2. The maximum Gasteiger partial charge on any atom is 0.290 e. The standard InChI is InChI=1S/C39H30N2O6S/c42-35-32-18-10-11-19-33(32)36(43)41(35)47-25-24-46-31-22-20-27(21-23-31)26-34-37(44)40(38(45)48-34)39(28-12-4-1-5-13-28,29-14-6-2-7-15-29)30-16-8-3-9-17-30/h1-23,34H,24-26H2. The highest BCUT2D eigenvalue weighted by molar-refractivity contribution is 8.15. The van der Waals surface area contributed by atoms with Crippen molar-refractivity contribution in [2.45, 2.75) is 17.2 Å². The molecule has 0 bridgehead atoms. The van der Waals surface area contributed by atoms with E-state index in [-0.39, 0.29) is 24.4 Å². The number of amides is 4. The summed E-state index contributed by atoms with van der Waals surface area (Å²) < 4.78 is 5.78. The molecule has 5 aromatic carbocycles. The van der Waals surface area contributed by atoms with Crippen molar-refractivity contribution in [2.24, 2.45) is 0 Å². The van der Waals surface area contributed by atoms with Gasteiger partial charge in [-0.3, -0.25) is 28.9 Å². The van der Waals surface area contributed by atoms with Crippen LogP contribution in [0.2, 0.25) is 0 Å². The minimum atomic E-state index is -1.16. The number of benzene rings is 5. The maximum absolute atomic E-state index is 14.3. The fraction of sp³-hybridized carbons (Fsp3) is 0.128. The molecular formula is C39H30N2O6S. The molecule has 1 saturated heterocycles. The van der Waals surface area contributed by atoms with Crippen LogP contribution in [0.3, 0.4) is 0 Å². The zero-order valence-corrected chi connectivity index (χ0v) is 26.5. The molecule has 2 aliphatic heterocycles. The highest BCUT2D eigenvalue weighted by Crippen LogP contribution is 2.47. The summed E-state index contributed by atoms with van der Waals surface area (Å²) in [5.74, 6) is -0.689. The van der Waals surface area contributed by atoms with Crippen molar-refractivity contribution in [1.82, 2.24) is 9.96 Å². The third-order valence-electron chi connectivity index (χ3n) is 8.51. The Bertz CT molecular complexity index is 1840. The molecule has 8 nitrogen and oxygen atoms in total. The quantitative estimate of drug-likeness (QED) is 0.0870. The SMILES string of the molecule is O=C1c2ccccc2C(=O)N1OCCOc1ccc(CC2SC(=O)N(C(c3ccccc3)(c3ccccc3)c3ccccc3)C2=O)cc1. The van der Waals surface area contributed by atoms with Gasteiger partial charge in [0.05, 0.1) is 16.4 Å². The molecule has 9 heteroatoms. The van der Waals surface area contributed by atoms with Gasteiger partial charge < -0.3 is 4.74 Å². The Morgan fingerprint density at radius 3 is 1.56 bits per heavy atom. The largest absolute Gasteiger partial charge is 0.491 e. The van der Waals surface area contributed by atoms with E-state index in [0.29, 0.717) is 23.3 Å². The number of ether oxygens (including phenoxy) is 1. The Morgan fingerprint density at radius 2 is 1.06 bits per heavy atom. The zero-order valence-electron chi connectivity index (χ0n) is 25.7. The van der Waals surface area contributed by atoms with E-state index >= 15 is 0 Å². The summed E-state index contributed by atoms with van der Waals surface area (Å²) in [5, 5.41) is -0.160. The van der Waals surface area contributed by atoms with Crippen LogP contribution in [0.15, 0.2) is 140 Å². The minimum absolute atomic E-state index is 0.00955. The first-order valence-electron chi connectivity index (χ1n) is 15.5. The molecule has 1 unspecified atom stereocenters. The number of nitrogens with zero attached hydrogens (tertiary/aromatic N) is 2. The molecule has 4 amide bonds. The Labute approximate surface area is 281 Å². The number of hydrogen-bond acceptors (Lipinski definition) is 7. The monoisotopic (exact) mass is 654 g/mol. The van der Waals surface area contributed by atoms with E-state index in [1.165, 1.54) is 4.90 Å². The van der Waals surface area contributed by atoms with Crippen molar-refractivity contribution in [3.05, 3.63) is 173 Å². The molecule has 1 atom stereocenters. The van der Waals surface area contributed by atoms with Crippen molar-refractivity contribution in [3.63, 3.8) is 0 Å². The first kappa shape index (κ1) is 31.1. The van der Waals surface area contributed by atoms with Crippen LogP contribution in [0.1, 0.15) is 43.0 Å². The van der Waals surface area contributed by atoms with Gasteiger partial charge in [0.2, 0.25) is 5.91 Å². The van der Waals surface area contributed by atoms with Gasteiger partial charge in [-0.25, -0.2) is 0 Å². The van der Waals surface area contributed by atoms with Gasteiger partial charge in [-0.05, 0) is 52.9 Å². The van der Waals surface area contributed by atoms with Gasteiger partial charge in [-0.1, -0.05) is 127 Å². The molecule has 238 valence electrons. The van der Waals surface area contributed by atoms with E-state index in [1.807, 2.05) is 103 Å². The second-order valence-electron chi connectivity index (χ2n) is 11.3. The van der Waals surface area contributed by atoms with Gasteiger partial charge in [0.15, 0.2) is 0 Å². The van der Waals surface area contributed by atoms with E-state index in [4.69, 9.17) is 9.57 Å². The van der Waals surface area contributed by atoms with Crippen molar-refractivity contribution >= 4 is 34.7 Å². The molecular weight excluding hydrogens is 625 g/mol. The summed E-state index contributed by atoms with van der Waals surface area (Å²) in [5.41, 5.74) is 2.79. The van der Waals surface area contributed by atoms with Crippen molar-refractivity contribution in [3.8, 4) is 5.75 Å². The molecule has 5 aromatic rings. The minimum Gasteiger partial charge on any atom is -0.491 e. The first-order chi connectivity index (χ1) is 23.5. The van der Waals surface area contributed by atoms with Gasteiger partial charge in [-0.2, -0.15) is 0 Å². The molecule has 0 saturated carbocycles. The zero-order chi connectivity index (χ0) is 33.1. The number of imide groups is 2. The lowest BCUT2D eigenvalue weighted by molar-refractivity contribution is -0.129. The van der Waals surface area contributed by atoms with E-state index in [2.05, 4.69) is 0 Å². The Morgan fingerprint density at radius 1 is 0.583 bits per heavy atom. The van der Waals surface area contributed by atoms with Gasteiger partial charge >= 0.3 is 0 Å². The number of rotatable bonds is 11. The predicted octanol–water partition coefficient (Wildman–Crippen LogP) is 6.89. The maximum atomic E-state index is 14.3. The van der Waals surface area contributed by atoms with Crippen molar-refractivity contribution in [1.29, 1.82) is 0 Å². The van der Waals surface area contributed by atoms with Crippen molar-refractivity contribution < 1.29 is 28.8 Å². The van der Waals surface area contributed by atoms with Crippen LogP contribution in [-0.2, 0) is 21.6 Å². The van der Waals surface area contributed by atoms with E-state index in [1.54, 1.807) is 36.4 Å². The molecule has 48 heavy (non-hydrogen) atoms. The lowest BCUT2D eigenvalue weighted by Crippen LogP contribution is -2.51. The van der Waals surface area contributed by atoms with Crippen LogP contribution in [0.25, 0.3) is 0 Å². The first-order valence-corrected chi connectivity index (χ1v) is 16.4. The summed E-state index contributed by atoms with van der Waals surface area (Å²) in [6.45, 7) is 0.0953. The fourth-order valence-electron chi connectivity index (χ4n) is 6.32. The highest BCUT2D eigenvalue weighted by atomic mass is 32.2. The molecule has 0 aliphatic carbocycles. The Balaban J connectivity index is 1.05. The average Bonchev–Trinajstić information content (AvgIpc) is 3.55. The molecule has 2 aliphatic rings. The second kappa shape index (κ2) is 13.3. The lowest BCUT2D eigenvalue weighted by atomic mass is 9.75. The molecule has 1 fully saturated rings. The van der Waals surface area contributed by atoms with Crippen LogP contribution in [0, 0.1) is 0 Å². The number of carbonyl (C=O) groups excluding carboxylic acids is 4. The van der Waals surface area contributed by atoms with Crippen LogP contribution in [0.5, 0.6) is 5.75 Å². The third-order valence-corrected chi connectivity index (χ3v) is 9.54. The van der Waals surface area contributed by atoms with Crippen molar-refractivity contribution in [2.75, 3.05) is 13.2 Å². The summed E-state index contributed by atoms with van der Waals surface area (Å²) in [7, 11) is 0. The molecule has 0 spiro atoms. The topological polar surface area (TPSA) is 93.2 Å². The van der Waals surface area contributed by atoms with E-state index < -0.39 is 22.6 Å². The normalized spacial score (nSPS) is 16.0. The molecule has 2 heterocycles. The Kier molecular flexibility index (Phi) is 8.63. The van der Waals surface area contributed by atoms with Crippen LogP contribution >= 0.6 is 11.8 Å². The molecule has 7 rings (SSSR count).